The molecule has 2 heteroatoms. The quantitative estimate of drug-likeness (QED) is 0.884. The van der Waals surface area contributed by atoms with Crippen molar-refractivity contribution in [1.82, 2.24) is 4.90 Å². The van der Waals surface area contributed by atoms with E-state index in [9.17, 15) is 5.11 Å². The fourth-order valence-corrected chi connectivity index (χ4v) is 3.10. The minimum Gasteiger partial charge on any atom is -0.389 e. The maximum atomic E-state index is 11.0. The van der Waals surface area contributed by atoms with Crippen LogP contribution >= 0.6 is 0 Å². The maximum absolute atomic E-state index is 11.0. The van der Waals surface area contributed by atoms with Gasteiger partial charge in [-0.15, -0.1) is 0 Å². The SMILES string of the molecule is CN(C)CCC1(O)CCCCC1c1ccccc1. The van der Waals surface area contributed by atoms with Crippen LogP contribution in [0.5, 0.6) is 0 Å². The molecule has 0 saturated heterocycles. The Morgan fingerprint density at radius 3 is 2.61 bits per heavy atom. The van der Waals surface area contributed by atoms with Gasteiger partial charge in [-0.25, -0.2) is 0 Å². The largest absolute Gasteiger partial charge is 0.389 e. The second-order valence-corrected chi connectivity index (χ2v) is 5.87. The average Bonchev–Trinajstić information content (AvgIpc) is 2.38. The van der Waals surface area contributed by atoms with E-state index in [1.165, 1.54) is 12.0 Å². The third-order valence-corrected chi connectivity index (χ3v) is 4.20. The summed E-state index contributed by atoms with van der Waals surface area (Å²) in [5, 5.41) is 11.0. The van der Waals surface area contributed by atoms with Crippen LogP contribution in [0.4, 0.5) is 0 Å². The van der Waals surface area contributed by atoms with Crippen molar-refractivity contribution in [2.24, 2.45) is 0 Å². The highest BCUT2D eigenvalue weighted by molar-refractivity contribution is 5.23. The summed E-state index contributed by atoms with van der Waals surface area (Å²) in [5.74, 6) is 0.312. The van der Waals surface area contributed by atoms with Crippen LogP contribution in [-0.2, 0) is 0 Å². The molecule has 0 heterocycles. The fraction of sp³-hybridized carbons (Fsp3) is 0.625. The summed E-state index contributed by atoms with van der Waals surface area (Å²) in [7, 11) is 4.15. The van der Waals surface area contributed by atoms with E-state index in [2.05, 4.69) is 43.3 Å². The molecule has 2 unspecified atom stereocenters. The minimum absolute atomic E-state index is 0.312. The average molecular weight is 247 g/mol. The normalized spacial score (nSPS) is 28.6. The highest BCUT2D eigenvalue weighted by Crippen LogP contribution is 2.42. The summed E-state index contributed by atoms with van der Waals surface area (Å²) in [4.78, 5) is 2.16. The number of benzene rings is 1. The van der Waals surface area contributed by atoms with E-state index in [1.807, 2.05) is 6.07 Å². The summed E-state index contributed by atoms with van der Waals surface area (Å²) < 4.78 is 0. The molecule has 1 N–H and O–H groups in total. The summed E-state index contributed by atoms with van der Waals surface area (Å²) in [6.07, 6.45) is 5.34. The van der Waals surface area contributed by atoms with E-state index in [1.54, 1.807) is 0 Å². The maximum Gasteiger partial charge on any atom is 0.0728 e. The number of nitrogens with zero attached hydrogens (tertiary/aromatic N) is 1. The molecule has 1 aliphatic rings. The lowest BCUT2D eigenvalue weighted by Crippen LogP contribution is -2.41. The molecule has 18 heavy (non-hydrogen) atoms. The van der Waals surface area contributed by atoms with Gasteiger partial charge in [0.1, 0.15) is 0 Å². The molecule has 2 atom stereocenters. The van der Waals surface area contributed by atoms with Crippen LogP contribution in [0.3, 0.4) is 0 Å². The number of aliphatic hydroxyl groups is 1. The Labute approximate surface area is 111 Å². The lowest BCUT2D eigenvalue weighted by molar-refractivity contribution is -0.0286. The Morgan fingerprint density at radius 1 is 1.22 bits per heavy atom. The second-order valence-electron chi connectivity index (χ2n) is 5.87. The lowest BCUT2D eigenvalue weighted by Gasteiger charge is -2.41. The molecule has 0 aliphatic heterocycles. The summed E-state index contributed by atoms with van der Waals surface area (Å²) >= 11 is 0. The molecule has 2 rings (SSSR count). The smallest absolute Gasteiger partial charge is 0.0728 e. The van der Waals surface area contributed by atoms with Gasteiger partial charge in [0, 0.05) is 12.5 Å². The van der Waals surface area contributed by atoms with Gasteiger partial charge in [0.25, 0.3) is 0 Å². The van der Waals surface area contributed by atoms with Crippen molar-refractivity contribution in [1.29, 1.82) is 0 Å². The first kappa shape index (κ1) is 13.6. The Bertz CT molecular complexity index is 363. The first-order valence-electron chi connectivity index (χ1n) is 7.04. The zero-order valence-corrected chi connectivity index (χ0v) is 11.6. The third-order valence-electron chi connectivity index (χ3n) is 4.20. The third kappa shape index (κ3) is 3.12. The predicted octanol–water partition coefficient (Wildman–Crippen LogP) is 3.03. The van der Waals surface area contributed by atoms with Gasteiger partial charge in [-0.2, -0.15) is 0 Å². The summed E-state index contributed by atoms with van der Waals surface area (Å²) in [5.41, 5.74) is 0.794. The first-order valence-corrected chi connectivity index (χ1v) is 7.04. The molecule has 1 fully saturated rings. The number of rotatable bonds is 4. The van der Waals surface area contributed by atoms with Crippen molar-refractivity contribution in [3.8, 4) is 0 Å². The van der Waals surface area contributed by atoms with Crippen LogP contribution in [0.25, 0.3) is 0 Å². The van der Waals surface area contributed by atoms with E-state index >= 15 is 0 Å². The molecule has 100 valence electrons. The van der Waals surface area contributed by atoms with Gasteiger partial charge < -0.3 is 10.0 Å². The number of hydrogen-bond acceptors (Lipinski definition) is 2. The standard InChI is InChI=1S/C16H25NO/c1-17(2)13-12-16(18)11-7-6-10-15(16)14-8-4-3-5-9-14/h3-5,8-9,15,18H,6-7,10-13H2,1-2H3. The Kier molecular flexibility index (Phi) is 4.41. The van der Waals surface area contributed by atoms with E-state index < -0.39 is 5.60 Å². The highest BCUT2D eigenvalue weighted by Gasteiger charge is 2.39. The van der Waals surface area contributed by atoms with Gasteiger partial charge in [-0.05, 0) is 38.9 Å². The van der Waals surface area contributed by atoms with Crippen LogP contribution in [0.1, 0.15) is 43.6 Å². The predicted molar refractivity (Wildman–Crippen MR) is 75.8 cm³/mol. The van der Waals surface area contributed by atoms with Gasteiger partial charge in [0.05, 0.1) is 5.60 Å². The lowest BCUT2D eigenvalue weighted by atomic mass is 9.70. The van der Waals surface area contributed by atoms with Crippen LogP contribution in [0.2, 0.25) is 0 Å². The summed E-state index contributed by atoms with van der Waals surface area (Å²) in [6.45, 7) is 0.958. The van der Waals surface area contributed by atoms with Crippen LogP contribution in [-0.4, -0.2) is 36.2 Å². The molecule has 0 bridgehead atoms. The van der Waals surface area contributed by atoms with Gasteiger partial charge >= 0.3 is 0 Å². The molecular weight excluding hydrogens is 222 g/mol. The second kappa shape index (κ2) is 5.85. The van der Waals surface area contributed by atoms with E-state index in [0.29, 0.717) is 5.92 Å². The monoisotopic (exact) mass is 247 g/mol. The summed E-state index contributed by atoms with van der Waals surface area (Å²) in [6, 6.07) is 10.5. The van der Waals surface area contributed by atoms with Gasteiger partial charge in [-0.1, -0.05) is 43.2 Å². The minimum atomic E-state index is -0.510. The molecule has 0 radical (unpaired) electrons. The van der Waals surface area contributed by atoms with E-state index in [0.717, 1.165) is 32.2 Å². The van der Waals surface area contributed by atoms with E-state index in [-0.39, 0.29) is 0 Å². The first-order chi connectivity index (χ1) is 8.62. The number of hydrogen-bond donors (Lipinski definition) is 1. The molecule has 0 amide bonds. The Morgan fingerprint density at radius 2 is 1.94 bits per heavy atom. The zero-order chi connectivity index (χ0) is 13.0. The van der Waals surface area contributed by atoms with Crippen molar-refractivity contribution in [2.75, 3.05) is 20.6 Å². The highest BCUT2D eigenvalue weighted by atomic mass is 16.3. The molecule has 1 saturated carbocycles. The van der Waals surface area contributed by atoms with Crippen molar-refractivity contribution >= 4 is 0 Å². The fourth-order valence-electron chi connectivity index (χ4n) is 3.10. The molecule has 2 nitrogen and oxygen atoms in total. The van der Waals surface area contributed by atoms with Crippen LogP contribution in [0, 0.1) is 0 Å². The molecule has 0 spiro atoms. The molecule has 1 aromatic carbocycles. The van der Waals surface area contributed by atoms with Gasteiger partial charge in [-0.3, -0.25) is 0 Å². The topological polar surface area (TPSA) is 23.5 Å². The Hall–Kier alpha value is -0.860. The van der Waals surface area contributed by atoms with Crippen LogP contribution < -0.4 is 0 Å². The molecular formula is C16H25NO. The van der Waals surface area contributed by atoms with Crippen molar-refractivity contribution in [3.05, 3.63) is 35.9 Å². The molecule has 0 aromatic heterocycles. The van der Waals surface area contributed by atoms with E-state index in [4.69, 9.17) is 0 Å². The zero-order valence-electron chi connectivity index (χ0n) is 11.6. The Balaban J connectivity index is 2.15. The molecule has 1 aliphatic carbocycles. The van der Waals surface area contributed by atoms with Crippen molar-refractivity contribution < 1.29 is 5.11 Å². The van der Waals surface area contributed by atoms with Crippen LogP contribution in [0.15, 0.2) is 30.3 Å². The molecule has 1 aromatic rings. The van der Waals surface area contributed by atoms with Crippen molar-refractivity contribution in [2.45, 2.75) is 43.6 Å². The van der Waals surface area contributed by atoms with Crippen molar-refractivity contribution in [3.63, 3.8) is 0 Å². The van der Waals surface area contributed by atoms with Gasteiger partial charge in [0.2, 0.25) is 0 Å². The van der Waals surface area contributed by atoms with Gasteiger partial charge in [0.15, 0.2) is 0 Å².